The van der Waals surface area contributed by atoms with Gasteiger partial charge in [-0.05, 0) is 149 Å². The number of pyridine rings is 2. The molecule has 0 fully saturated rings. The Bertz CT molecular complexity index is 2980. The van der Waals surface area contributed by atoms with Crippen molar-refractivity contribution >= 4 is 64.9 Å². The minimum absolute atomic E-state index is 0.945. The van der Waals surface area contributed by atoms with Crippen molar-refractivity contribution in [2.75, 3.05) is 0 Å². The Morgan fingerprint density at radius 3 is 1.58 bits per heavy atom. The molecule has 0 unspecified atom stereocenters. The zero-order chi connectivity index (χ0) is 33.9. The molecule has 2 aliphatic carbocycles. The lowest BCUT2D eigenvalue weighted by Gasteiger charge is -2.23. The Morgan fingerprint density at radius 2 is 0.865 bits per heavy atom. The van der Waals surface area contributed by atoms with E-state index in [1.54, 1.807) is 0 Å². The minimum atomic E-state index is 0.945. The molecule has 0 amide bonds. The fourth-order valence-corrected chi connectivity index (χ4v) is 9.89. The molecule has 0 atom stereocenters. The summed E-state index contributed by atoms with van der Waals surface area (Å²) in [5.74, 6) is 0. The van der Waals surface area contributed by atoms with Crippen molar-refractivity contribution in [1.29, 1.82) is 0 Å². The zero-order valence-corrected chi connectivity index (χ0v) is 28.6. The van der Waals surface area contributed by atoms with Gasteiger partial charge in [-0.2, -0.15) is 0 Å². The highest BCUT2D eigenvalue weighted by Crippen LogP contribution is 2.60. The van der Waals surface area contributed by atoms with Crippen LogP contribution in [0.2, 0.25) is 0 Å². The summed E-state index contributed by atoms with van der Waals surface area (Å²) in [6, 6.07) is 50.1. The Kier molecular flexibility index (Phi) is 5.76. The van der Waals surface area contributed by atoms with Gasteiger partial charge in [0, 0.05) is 23.2 Å². The average Bonchev–Trinajstić information content (AvgIpc) is 3.38. The Morgan fingerprint density at radius 1 is 0.346 bits per heavy atom. The summed E-state index contributed by atoms with van der Waals surface area (Å²) in [7, 11) is 0. The normalized spacial score (nSPS) is 13.5. The van der Waals surface area contributed by atoms with Crippen LogP contribution >= 0.6 is 0 Å². The van der Waals surface area contributed by atoms with Crippen LogP contribution in [0.4, 0.5) is 0 Å². The first-order chi connectivity index (χ1) is 25.8. The molecule has 0 N–H and O–H groups in total. The monoisotopic (exact) mass is 660 g/mol. The maximum absolute atomic E-state index is 4.97. The van der Waals surface area contributed by atoms with Gasteiger partial charge in [-0.25, -0.2) is 0 Å². The lowest BCUT2D eigenvalue weighted by Crippen LogP contribution is -1.96. The molecule has 2 aromatic heterocycles. The molecule has 0 saturated carbocycles. The van der Waals surface area contributed by atoms with Gasteiger partial charge >= 0.3 is 0 Å². The summed E-state index contributed by atoms with van der Waals surface area (Å²) in [5, 5.41) is 12.8. The van der Waals surface area contributed by atoms with Crippen LogP contribution in [-0.2, 0) is 12.8 Å². The number of rotatable bonds is 2. The van der Waals surface area contributed by atoms with Gasteiger partial charge in [0.1, 0.15) is 0 Å². The molecule has 0 bridgehead atoms. The fraction of sp³-hybridized carbons (Fsp3) is 0.0800. The molecule has 0 aliphatic heterocycles. The van der Waals surface area contributed by atoms with Crippen molar-refractivity contribution < 1.29 is 0 Å². The number of fused-ring (bicyclic) bond motifs is 10. The van der Waals surface area contributed by atoms with E-state index in [9.17, 15) is 0 Å². The van der Waals surface area contributed by atoms with E-state index in [1.807, 2.05) is 18.5 Å². The van der Waals surface area contributed by atoms with Gasteiger partial charge in [-0.15, -0.1) is 0 Å². The largest absolute Gasteiger partial charge is 0.254 e. The van der Waals surface area contributed by atoms with Crippen molar-refractivity contribution in [3.8, 4) is 44.5 Å². The van der Waals surface area contributed by atoms with Gasteiger partial charge in [0.15, 0.2) is 0 Å². The van der Waals surface area contributed by atoms with Gasteiger partial charge in [-0.1, -0.05) is 109 Å². The lowest BCUT2D eigenvalue weighted by atomic mass is 9.80. The van der Waals surface area contributed by atoms with E-state index < -0.39 is 0 Å². The maximum atomic E-state index is 4.97. The molecule has 2 nitrogen and oxygen atoms in total. The lowest BCUT2D eigenvalue weighted by molar-refractivity contribution is 0.753. The van der Waals surface area contributed by atoms with Gasteiger partial charge in [0.25, 0.3) is 0 Å². The Hall–Kier alpha value is -6.38. The number of hydrogen-bond donors (Lipinski definition) is 0. The standard InChI is InChI=1S/C50H32N2/c1-2-12-30-22-24-40-46-39(23-21-29(11-1)43(30)46)47-44(41-27-31-13-3-4-15-33(31)34-16-5-6-17-35(34)41)36-18-7-8-19-37(36)45(48(40)47)42-28-32-14-9-25-51-49(32)50-38(42)20-10-26-52-50/h3-10,13-28H,1-2,11-12H2. The van der Waals surface area contributed by atoms with E-state index in [-0.39, 0.29) is 0 Å². The molecule has 0 radical (unpaired) electrons. The molecule has 2 heterocycles. The molecule has 12 rings (SSSR count). The highest BCUT2D eigenvalue weighted by molar-refractivity contribution is 6.31. The van der Waals surface area contributed by atoms with Gasteiger partial charge in [0.2, 0.25) is 0 Å². The zero-order valence-electron chi connectivity index (χ0n) is 28.6. The van der Waals surface area contributed by atoms with Crippen LogP contribution in [0, 0.1) is 0 Å². The molecule has 0 spiro atoms. The number of aromatic nitrogens is 2. The summed E-state index contributed by atoms with van der Waals surface area (Å²) >= 11 is 0. The third-order valence-electron chi connectivity index (χ3n) is 12.0. The minimum Gasteiger partial charge on any atom is -0.254 e. The second-order valence-electron chi connectivity index (χ2n) is 14.6. The van der Waals surface area contributed by atoms with Crippen molar-refractivity contribution in [2.24, 2.45) is 0 Å². The highest BCUT2D eigenvalue weighted by Gasteiger charge is 2.33. The van der Waals surface area contributed by atoms with Crippen LogP contribution in [0.15, 0.2) is 146 Å². The average molecular weight is 661 g/mol. The van der Waals surface area contributed by atoms with Gasteiger partial charge in [0.05, 0.1) is 11.0 Å². The molecule has 8 aromatic carbocycles. The molecule has 2 heteroatoms. The van der Waals surface area contributed by atoms with Crippen LogP contribution in [0.1, 0.15) is 24.0 Å². The van der Waals surface area contributed by atoms with E-state index >= 15 is 0 Å². The first-order valence-electron chi connectivity index (χ1n) is 18.5. The van der Waals surface area contributed by atoms with Crippen molar-refractivity contribution in [3.05, 3.63) is 157 Å². The number of nitrogens with zero attached hydrogens (tertiary/aromatic N) is 2. The third-order valence-corrected chi connectivity index (χ3v) is 12.0. The van der Waals surface area contributed by atoms with Gasteiger partial charge in [-0.3, -0.25) is 9.97 Å². The summed E-state index contributed by atoms with van der Waals surface area (Å²) in [5.41, 5.74) is 15.4. The quantitative estimate of drug-likeness (QED) is 0.172. The molecule has 52 heavy (non-hydrogen) atoms. The van der Waals surface area contributed by atoms with Crippen molar-refractivity contribution in [2.45, 2.75) is 25.7 Å². The topological polar surface area (TPSA) is 25.8 Å². The second kappa shape index (κ2) is 10.6. The summed E-state index contributed by atoms with van der Waals surface area (Å²) < 4.78 is 0. The van der Waals surface area contributed by atoms with Crippen LogP contribution in [0.5, 0.6) is 0 Å². The number of benzene rings is 8. The molecule has 10 aromatic rings. The smallest absolute Gasteiger partial charge is 0.0970 e. The summed E-state index contributed by atoms with van der Waals surface area (Å²) in [6.45, 7) is 0. The molecule has 2 aliphatic rings. The first kappa shape index (κ1) is 28.3. The Labute approximate surface area is 301 Å². The predicted octanol–water partition coefficient (Wildman–Crippen LogP) is 13.3. The Balaban J connectivity index is 1.34. The number of hydrogen-bond acceptors (Lipinski definition) is 2. The molecule has 0 saturated heterocycles. The predicted molar refractivity (Wildman–Crippen MR) is 219 cm³/mol. The van der Waals surface area contributed by atoms with Crippen LogP contribution in [0.3, 0.4) is 0 Å². The van der Waals surface area contributed by atoms with Crippen LogP contribution in [0.25, 0.3) is 109 Å². The molecule has 242 valence electrons. The fourth-order valence-electron chi connectivity index (χ4n) is 9.89. The summed E-state index contributed by atoms with van der Waals surface area (Å²) in [6.07, 6.45) is 8.52. The third kappa shape index (κ3) is 3.74. The first-order valence-corrected chi connectivity index (χ1v) is 18.5. The molecular formula is C50H32N2. The van der Waals surface area contributed by atoms with Gasteiger partial charge < -0.3 is 0 Å². The van der Waals surface area contributed by atoms with Crippen LogP contribution in [-0.4, -0.2) is 9.97 Å². The van der Waals surface area contributed by atoms with Crippen molar-refractivity contribution in [1.82, 2.24) is 9.97 Å². The van der Waals surface area contributed by atoms with E-state index in [0.717, 1.165) is 34.6 Å². The highest BCUT2D eigenvalue weighted by atomic mass is 14.7. The second-order valence-corrected chi connectivity index (χ2v) is 14.6. The van der Waals surface area contributed by atoms with E-state index in [0.29, 0.717) is 0 Å². The van der Waals surface area contributed by atoms with Crippen molar-refractivity contribution in [3.63, 3.8) is 0 Å². The number of aryl methyl sites for hydroxylation is 2. The van der Waals surface area contributed by atoms with E-state index in [4.69, 9.17) is 9.97 Å². The van der Waals surface area contributed by atoms with E-state index in [2.05, 4.69) is 127 Å². The molecular weight excluding hydrogens is 629 g/mol. The maximum Gasteiger partial charge on any atom is 0.0970 e. The summed E-state index contributed by atoms with van der Waals surface area (Å²) in [4.78, 5) is 9.80. The van der Waals surface area contributed by atoms with Crippen LogP contribution < -0.4 is 0 Å². The van der Waals surface area contributed by atoms with E-state index in [1.165, 1.54) is 112 Å². The SMILES string of the molecule is c1ccc2c(c1)cc(-c1c3c(c(-c4cc5cccnc5c5ncccc45)c4ccccc14)-c1ccc4c5c(ccc-3c15)CCCC4)c1ccccc12.